The fourth-order valence-electron chi connectivity index (χ4n) is 2.68. The molecule has 0 radical (unpaired) electrons. The molecule has 0 bridgehead atoms. The fourth-order valence-corrected chi connectivity index (χ4v) is 2.68. The second kappa shape index (κ2) is 6.88. The first-order chi connectivity index (χ1) is 9.65. The third kappa shape index (κ3) is 3.39. The molecule has 5 nitrogen and oxygen atoms in total. The molecule has 1 atom stereocenters. The number of rotatable bonds is 5. The summed E-state index contributed by atoms with van der Waals surface area (Å²) in [6.45, 7) is 8.77. The smallest absolute Gasteiger partial charge is 0.137 e. The first-order valence-corrected chi connectivity index (χ1v) is 7.70. The van der Waals surface area contributed by atoms with Crippen LogP contribution in [0.1, 0.15) is 44.5 Å². The highest BCUT2D eigenvalue weighted by Gasteiger charge is 2.22. The summed E-state index contributed by atoms with van der Waals surface area (Å²) in [5, 5.41) is 13.2. The van der Waals surface area contributed by atoms with Crippen molar-refractivity contribution in [3.8, 4) is 0 Å². The molecule has 1 aromatic rings. The van der Waals surface area contributed by atoms with Crippen molar-refractivity contribution in [2.24, 2.45) is 0 Å². The van der Waals surface area contributed by atoms with E-state index in [1.807, 2.05) is 0 Å². The van der Waals surface area contributed by atoms with Crippen molar-refractivity contribution >= 4 is 11.6 Å². The molecule has 20 heavy (non-hydrogen) atoms. The number of aliphatic hydroxyl groups is 1. The van der Waals surface area contributed by atoms with E-state index in [4.69, 9.17) is 4.98 Å². The molecule has 5 heteroatoms. The number of nitrogens with zero attached hydrogens (tertiary/aromatic N) is 3. The maximum Gasteiger partial charge on any atom is 0.137 e. The summed E-state index contributed by atoms with van der Waals surface area (Å²) in [6.07, 6.45) is 3.60. The zero-order valence-corrected chi connectivity index (χ0v) is 12.8. The van der Waals surface area contributed by atoms with E-state index in [9.17, 15) is 5.11 Å². The van der Waals surface area contributed by atoms with Crippen LogP contribution in [-0.2, 0) is 6.42 Å². The van der Waals surface area contributed by atoms with Gasteiger partial charge in [-0.2, -0.15) is 0 Å². The zero-order chi connectivity index (χ0) is 14.5. The number of aromatic nitrogens is 2. The Kier molecular flexibility index (Phi) is 5.17. The van der Waals surface area contributed by atoms with Crippen molar-refractivity contribution in [3.63, 3.8) is 0 Å². The fraction of sp³-hybridized carbons (Fsp3) is 0.733. The maximum absolute atomic E-state index is 9.88. The lowest BCUT2D eigenvalue weighted by Crippen LogP contribution is -2.39. The Bertz CT molecular complexity index is 450. The van der Waals surface area contributed by atoms with E-state index in [0.29, 0.717) is 6.54 Å². The van der Waals surface area contributed by atoms with Crippen molar-refractivity contribution in [1.29, 1.82) is 0 Å². The average Bonchev–Trinajstić information content (AvgIpc) is 2.43. The van der Waals surface area contributed by atoms with Crippen LogP contribution in [0.15, 0.2) is 0 Å². The minimum absolute atomic E-state index is 0.240. The van der Waals surface area contributed by atoms with E-state index in [0.717, 1.165) is 61.8 Å². The summed E-state index contributed by atoms with van der Waals surface area (Å²) in [6, 6.07) is 0. The van der Waals surface area contributed by atoms with Crippen LogP contribution in [0, 0.1) is 6.92 Å². The molecular formula is C15H26N4O. The van der Waals surface area contributed by atoms with Crippen molar-refractivity contribution in [2.75, 3.05) is 29.9 Å². The van der Waals surface area contributed by atoms with Gasteiger partial charge in [0.15, 0.2) is 0 Å². The summed E-state index contributed by atoms with van der Waals surface area (Å²) in [5.74, 6) is 2.81. The molecule has 0 spiro atoms. The van der Waals surface area contributed by atoms with E-state index in [2.05, 4.69) is 36.0 Å². The SMILES string of the molecule is CCCc1nc(NCC)c(C)c(N2CCCC(O)C2)n1. The van der Waals surface area contributed by atoms with Gasteiger partial charge in [0.25, 0.3) is 0 Å². The molecule has 1 aliphatic rings. The van der Waals surface area contributed by atoms with Crippen LogP contribution in [0.2, 0.25) is 0 Å². The number of piperidine rings is 1. The molecule has 0 aliphatic carbocycles. The molecule has 1 aliphatic heterocycles. The Morgan fingerprint density at radius 3 is 2.80 bits per heavy atom. The van der Waals surface area contributed by atoms with Gasteiger partial charge in [0.2, 0.25) is 0 Å². The normalized spacial score (nSPS) is 19.2. The highest BCUT2D eigenvalue weighted by atomic mass is 16.3. The van der Waals surface area contributed by atoms with Gasteiger partial charge in [0, 0.05) is 31.6 Å². The summed E-state index contributed by atoms with van der Waals surface area (Å²) >= 11 is 0. The molecule has 0 saturated carbocycles. The highest BCUT2D eigenvalue weighted by Crippen LogP contribution is 2.26. The topological polar surface area (TPSA) is 61.3 Å². The molecule has 1 fully saturated rings. The van der Waals surface area contributed by atoms with Gasteiger partial charge in [0.05, 0.1) is 6.10 Å². The van der Waals surface area contributed by atoms with E-state index in [1.54, 1.807) is 0 Å². The van der Waals surface area contributed by atoms with E-state index >= 15 is 0 Å². The van der Waals surface area contributed by atoms with E-state index in [1.165, 1.54) is 0 Å². The number of aryl methyl sites for hydroxylation is 1. The number of nitrogens with one attached hydrogen (secondary N) is 1. The van der Waals surface area contributed by atoms with Crippen LogP contribution in [0.4, 0.5) is 11.6 Å². The molecule has 2 rings (SSSR count). The number of aliphatic hydroxyl groups excluding tert-OH is 1. The predicted octanol–water partition coefficient (Wildman–Crippen LogP) is 2.13. The third-order valence-electron chi connectivity index (χ3n) is 3.68. The molecule has 1 unspecified atom stereocenters. The molecule has 1 aromatic heterocycles. The number of hydrogen-bond donors (Lipinski definition) is 2. The van der Waals surface area contributed by atoms with Crippen LogP contribution in [0.3, 0.4) is 0 Å². The lowest BCUT2D eigenvalue weighted by Gasteiger charge is -2.32. The van der Waals surface area contributed by atoms with Crippen molar-refractivity contribution in [3.05, 3.63) is 11.4 Å². The largest absolute Gasteiger partial charge is 0.391 e. The summed E-state index contributed by atoms with van der Waals surface area (Å²) < 4.78 is 0. The quantitative estimate of drug-likeness (QED) is 0.864. The Balaban J connectivity index is 2.33. The molecule has 0 amide bonds. The van der Waals surface area contributed by atoms with Gasteiger partial charge in [-0.1, -0.05) is 6.92 Å². The van der Waals surface area contributed by atoms with Crippen LogP contribution in [0.25, 0.3) is 0 Å². The number of β-amino-alcohol motifs (C(OH)–C–C–N with tert-alkyl or cyclic N) is 1. The number of hydrogen-bond acceptors (Lipinski definition) is 5. The Morgan fingerprint density at radius 2 is 2.15 bits per heavy atom. The minimum atomic E-state index is -0.240. The van der Waals surface area contributed by atoms with Crippen molar-refractivity contribution in [1.82, 2.24) is 9.97 Å². The van der Waals surface area contributed by atoms with Crippen molar-refractivity contribution in [2.45, 2.75) is 52.6 Å². The summed E-state index contributed by atoms with van der Waals surface area (Å²) in [7, 11) is 0. The predicted molar refractivity (Wildman–Crippen MR) is 82.4 cm³/mol. The van der Waals surface area contributed by atoms with Crippen LogP contribution in [-0.4, -0.2) is 40.8 Å². The Hall–Kier alpha value is -1.36. The zero-order valence-electron chi connectivity index (χ0n) is 12.8. The lowest BCUT2D eigenvalue weighted by atomic mass is 10.1. The Labute approximate surface area is 121 Å². The third-order valence-corrected chi connectivity index (χ3v) is 3.68. The lowest BCUT2D eigenvalue weighted by molar-refractivity contribution is 0.154. The van der Waals surface area contributed by atoms with Crippen molar-refractivity contribution < 1.29 is 5.11 Å². The van der Waals surface area contributed by atoms with E-state index < -0.39 is 0 Å². The average molecular weight is 278 g/mol. The molecule has 112 valence electrons. The molecule has 2 N–H and O–H groups in total. The first kappa shape index (κ1) is 15.0. The van der Waals surface area contributed by atoms with Gasteiger partial charge in [0.1, 0.15) is 17.5 Å². The molecular weight excluding hydrogens is 252 g/mol. The standard InChI is InChI=1S/C15H26N4O/c1-4-7-13-17-14(16-5-2)11(3)15(18-13)19-9-6-8-12(20)10-19/h12,20H,4-10H2,1-3H3,(H,16,17,18). The Morgan fingerprint density at radius 1 is 1.35 bits per heavy atom. The van der Waals surface area contributed by atoms with E-state index in [-0.39, 0.29) is 6.10 Å². The second-order valence-electron chi connectivity index (χ2n) is 5.46. The number of anilines is 2. The van der Waals surface area contributed by atoms with Gasteiger partial charge in [-0.05, 0) is 33.1 Å². The van der Waals surface area contributed by atoms with Crippen LogP contribution < -0.4 is 10.2 Å². The van der Waals surface area contributed by atoms with Crippen LogP contribution >= 0.6 is 0 Å². The second-order valence-corrected chi connectivity index (χ2v) is 5.46. The summed E-state index contributed by atoms with van der Waals surface area (Å²) in [4.78, 5) is 11.5. The summed E-state index contributed by atoms with van der Waals surface area (Å²) in [5.41, 5.74) is 1.08. The van der Waals surface area contributed by atoms with Gasteiger partial charge in [-0.15, -0.1) is 0 Å². The molecule has 2 heterocycles. The van der Waals surface area contributed by atoms with Gasteiger partial charge < -0.3 is 15.3 Å². The van der Waals surface area contributed by atoms with Gasteiger partial charge in [-0.25, -0.2) is 9.97 Å². The molecule has 0 aromatic carbocycles. The van der Waals surface area contributed by atoms with Gasteiger partial charge >= 0.3 is 0 Å². The minimum Gasteiger partial charge on any atom is -0.391 e. The molecule has 1 saturated heterocycles. The monoisotopic (exact) mass is 278 g/mol. The highest BCUT2D eigenvalue weighted by molar-refractivity contribution is 5.59. The van der Waals surface area contributed by atoms with Gasteiger partial charge in [-0.3, -0.25) is 0 Å². The first-order valence-electron chi connectivity index (χ1n) is 7.70. The maximum atomic E-state index is 9.88. The van der Waals surface area contributed by atoms with Crippen LogP contribution in [0.5, 0.6) is 0 Å².